The smallest absolute Gasteiger partial charge is 0.272 e. The molecule has 2 aromatic heterocycles. The zero-order chi connectivity index (χ0) is 22.7. The molecular formula is C25H25N5O2. The van der Waals surface area contributed by atoms with Crippen LogP contribution < -0.4 is 10.6 Å². The first kappa shape index (κ1) is 21.2. The minimum atomic E-state index is -0.255. The summed E-state index contributed by atoms with van der Waals surface area (Å²) in [7, 11) is 0. The van der Waals surface area contributed by atoms with Crippen molar-refractivity contribution in [3.05, 3.63) is 89.1 Å². The van der Waals surface area contributed by atoms with E-state index in [-0.39, 0.29) is 17.9 Å². The summed E-state index contributed by atoms with van der Waals surface area (Å²) in [5, 5.41) is 10.9. The normalized spacial score (nSPS) is 11.0. The Morgan fingerprint density at radius 1 is 0.938 bits per heavy atom. The average Bonchev–Trinajstić information content (AvgIpc) is 3.12. The number of nitrogens with zero attached hydrogens (tertiary/aromatic N) is 3. The minimum absolute atomic E-state index is 0.0159. The van der Waals surface area contributed by atoms with E-state index >= 15 is 0 Å². The van der Waals surface area contributed by atoms with Crippen LogP contribution in [0.1, 0.15) is 45.8 Å². The molecule has 0 unspecified atom stereocenters. The Labute approximate surface area is 186 Å². The number of anilines is 1. The molecule has 7 heteroatoms. The van der Waals surface area contributed by atoms with E-state index in [2.05, 4.69) is 20.7 Å². The maximum atomic E-state index is 12.7. The molecule has 0 spiro atoms. The number of rotatable bonds is 6. The Kier molecular flexibility index (Phi) is 5.98. The molecule has 0 saturated heterocycles. The van der Waals surface area contributed by atoms with Gasteiger partial charge in [0, 0.05) is 11.6 Å². The van der Waals surface area contributed by atoms with E-state index in [1.165, 1.54) is 0 Å². The molecule has 0 atom stereocenters. The maximum absolute atomic E-state index is 12.7. The van der Waals surface area contributed by atoms with Crippen LogP contribution in [0.25, 0.3) is 11.0 Å². The van der Waals surface area contributed by atoms with Crippen molar-refractivity contribution in [3.63, 3.8) is 0 Å². The number of hydrogen-bond donors (Lipinski definition) is 2. The summed E-state index contributed by atoms with van der Waals surface area (Å²) in [6.07, 6.45) is 0. The van der Waals surface area contributed by atoms with E-state index in [1.807, 2.05) is 63.2 Å². The van der Waals surface area contributed by atoms with Crippen molar-refractivity contribution in [2.24, 2.45) is 0 Å². The number of benzene rings is 2. The van der Waals surface area contributed by atoms with E-state index in [0.717, 1.165) is 11.1 Å². The van der Waals surface area contributed by atoms with Crippen LogP contribution in [0.5, 0.6) is 0 Å². The van der Waals surface area contributed by atoms with Crippen molar-refractivity contribution < 1.29 is 9.59 Å². The fourth-order valence-corrected chi connectivity index (χ4v) is 3.38. The molecule has 0 aliphatic heterocycles. The third-order valence-corrected chi connectivity index (χ3v) is 4.96. The fourth-order valence-electron chi connectivity index (χ4n) is 3.38. The fraction of sp³-hybridized carbons (Fsp3) is 0.200. The standard InChI is InChI=1S/C25H25N5O2/c1-16(2)26-25(32)22-20-13-14-21(28-24(31)19-11-9-17(3)10-12-19)27-23(20)30(29-22)15-18-7-5-4-6-8-18/h4-14,16H,15H2,1-3H3,(H,26,32)(H,27,28,31). The summed E-state index contributed by atoms with van der Waals surface area (Å²) in [5.74, 6) is -0.105. The molecule has 0 saturated carbocycles. The van der Waals surface area contributed by atoms with E-state index in [1.54, 1.807) is 28.9 Å². The summed E-state index contributed by atoms with van der Waals surface area (Å²) in [4.78, 5) is 30.0. The SMILES string of the molecule is Cc1ccc(C(=O)Nc2ccc3c(C(=O)NC(C)C)nn(Cc4ccccc4)c3n2)cc1. The van der Waals surface area contributed by atoms with E-state index in [4.69, 9.17) is 0 Å². The summed E-state index contributed by atoms with van der Waals surface area (Å²) < 4.78 is 1.70. The molecule has 32 heavy (non-hydrogen) atoms. The number of nitrogens with one attached hydrogen (secondary N) is 2. The molecule has 4 aromatic rings. The lowest BCUT2D eigenvalue weighted by molar-refractivity contribution is 0.0938. The molecule has 0 aliphatic carbocycles. The lowest BCUT2D eigenvalue weighted by atomic mass is 10.1. The van der Waals surface area contributed by atoms with Gasteiger partial charge >= 0.3 is 0 Å². The highest BCUT2D eigenvalue weighted by atomic mass is 16.2. The zero-order valence-corrected chi connectivity index (χ0v) is 18.3. The number of amides is 2. The van der Waals surface area contributed by atoms with Gasteiger partial charge in [-0.25, -0.2) is 9.67 Å². The Bertz CT molecular complexity index is 1260. The second kappa shape index (κ2) is 9.01. The minimum Gasteiger partial charge on any atom is -0.348 e. The summed E-state index contributed by atoms with van der Waals surface area (Å²) in [5.41, 5.74) is 3.51. The van der Waals surface area contributed by atoms with Crippen molar-refractivity contribution >= 4 is 28.7 Å². The number of pyridine rings is 1. The van der Waals surface area contributed by atoms with Crippen molar-refractivity contribution in [2.75, 3.05) is 5.32 Å². The number of aromatic nitrogens is 3. The van der Waals surface area contributed by atoms with Crippen LogP contribution in [0.15, 0.2) is 66.7 Å². The number of carbonyl (C=O) groups excluding carboxylic acids is 2. The van der Waals surface area contributed by atoms with Crippen LogP contribution in [0.4, 0.5) is 5.82 Å². The van der Waals surface area contributed by atoms with Crippen LogP contribution in [-0.4, -0.2) is 32.6 Å². The molecule has 7 nitrogen and oxygen atoms in total. The van der Waals surface area contributed by atoms with Crippen LogP contribution in [0.2, 0.25) is 0 Å². The molecule has 2 aromatic carbocycles. The molecule has 0 fully saturated rings. The molecule has 0 aliphatic rings. The van der Waals surface area contributed by atoms with Gasteiger partial charge in [-0.1, -0.05) is 48.0 Å². The topological polar surface area (TPSA) is 88.9 Å². The molecule has 2 heterocycles. The third-order valence-electron chi connectivity index (χ3n) is 4.96. The zero-order valence-electron chi connectivity index (χ0n) is 18.3. The van der Waals surface area contributed by atoms with Crippen LogP contribution in [0.3, 0.4) is 0 Å². The van der Waals surface area contributed by atoms with E-state index in [9.17, 15) is 9.59 Å². The number of hydrogen-bond acceptors (Lipinski definition) is 4. The van der Waals surface area contributed by atoms with Crippen molar-refractivity contribution in [3.8, 4) is 0 Å². The van der Waals surface area contributed by atoms with Gasteiger partial charge < -0.3 is 10.6 Å². The van der Waals surface area contributed by atoms with Gasteiger partial charge in [-0.05, 0) is 50.6 Å². The molecule has 0 bridgehead atoms. The molecular weight excluding hydrogens is 402 g/mol. The highest BCUT2D eigenvalue weighted by Crippen LogP contribution is 2.21. The Morgan fingerprint density at radius 2 is 1.66 bits per heavy atom. The summed E-state index contributed by atoms with van der Waals surface area (Å²) in [6.45, 7) is 6.22. The van der Waals surface area contributed by atoms with Gasteiger partial charge in [0.1, 0.15) is 5.82 Å². The Balaban J connectivity index is 1.70. The van der Waals surface area contributed by atoms with Gasteiger partial charge in [0.25, 0.3) is 11.8 Å². The predicted octanol–water partition coefficient (Wildman–Crippen LogP) is 4.18. The van der Waals surface area contributed by atoms with Gasteiger partial charge in [0.15, 0.2) is 11.3 Å². The quantitative estimate of drug-likeness (QED) is 0.483. The number of fused-ring (bicyclic) bond motifs is 1. The summed E-state index contributed by atoms with van der Waals surface area (Å²) >= 11 is 0. The Morgan fingerprint density at radius 3 is 2.34 bits per heavy atom. The lowest BCUT2D eigenvalue weighted by Crippen LogP contribution is -2.30. The molecule has 162 valence electrons. The van der Waals surface area contributed by atoms with Crippen molar-refractivity contribution in [2.45, 2.75) is 33.4 Å². The van der Waals surface area contributed by atoms with Crippen LogP contribution in [0, 0.1) is 6.92 Å². The first-order chi connectivity index (χ1) is 15.4. The van der Waals surface area contributed by atoms with Gasteiger partial charge in [-0.3, -0.25) is 9.59 Å². The maximum Gasteiger partial charge on any atom is 0.272 e. The molecule has 2 N–H and O–H groups in total. The predicted molar refractivity (Wildman–Crippen MR) is 125 cm³/mol. The van der Waals surface area contributed by atoms with E-state index in [0.29, 0.717) is 34.7 Å². The van der Waals surface area contributed by atoms with Gasteiger partial charge in [-0.2, -0.15) is 5.10 Å². The van der Waals surface area contributed by atoms with Crippen molar-refractivity contribution in [1.29, 1.82) is 0 Å². The number of carbonyl (C=O) groups is 2. The van der Waals surface area contributed by atoms with Gasteiger partial charge in [-0.15, -0.1) is 0 Å². The molecule has 4 rings (SSSR count). The first-order valence-corrected chi connectivity index (χ1v) is 10.5. The second-order valence-electron chi connectivity index (χ2n) is 8.01. The largest absolute Gasteiger partial charge is 0.348 e. The Hall–Kier alpha value is -4.00. The highest BCUT2D eigenvalue weighted by Gasteiger charge is 2.20. The van der Waals surface area contributed by atoms with Crippen LogP contribution in [-0.2, 0) is 6.54 Å². The molecule has 0 radical (unpaired) electrons. The monoisotopic (exact) mass is 427 g/mol. The first-order valence-electron chi connectivity index (χ1n) is 10.5. The van der Waals surface area contributed by atoms with Gasteiger partial charge in [0.2, 0.25) is 0 Å². The number of aryl methyl sites for hydroxylation is 1. The summed E-state index contributed by atoms with van der Waals surface area (Å²) in [6, 6.07) is 20.6. The van der Waals surface area contributed by atoms with E-state index < -0.39 is 0 Å². The van der Waals surface area contributed by atoms with Crippen LogP contribution >= 0.6 is 0 Å². The molecule has 2 amide bonds. The average molecular weight is 428 g/mol. The lowest BCUT2D eigenvalue weighted by Gasteiger charge is -2.07. The highest BCUT2D eigenvalue weighted by molar-refractivity contribution is 6.06. The van der Waals surface area contributed by atoms with Crippen molar-refractivity contribution in [1.82, 2.24) is 20.1 Å². The van der Waals surface area contributed by atoms with Gasteiger partial charge in [0.05, 0.1) is 11.9 Å². The second-order valence-corrected chi connectivity index (χ2v) is 8.01. The third kappa shape index (κ3) is 4.67.